The molecule has 0 spiro atoms. The Morgan fingerprint density at radius 3 is 2.56 bits per heavy atom. The van der Waals surface area contributed by atoms with Gasteiger partial charge in [-0.25, -0.2) is 0 Å². The molecule has 2 aliphatic rings. The molecule has 2 heterocycles. The number of unbranched alkanes of at least 4 members (excludes halogenated alkanes) is 1. The summed E-state index contributed by atoms with van der Waals surface area (Å²) in [5.74, 6) is 0.628. The van der Waals surface area contributed by atoms with Crippen LogP contribution < -0.4 is 10.1 Å². The van der Waals surface area contributed by atoms with E-state index in [-0.39, 0.29) is 17.9 Å². The lowest BCUT2D eigenvalue weighted by molar-refractivity contribution is -0.134. The quantitative estimate of drug-likeness (QED) is 0.539. The fourth-order valence-corrected chi connectivity index (χ4v) is 5.00. The maximum Gasteiger partial charge on any atom is 0.273 e. The normalized spacial score (nSPS) is 20.8. The van der Waals surface area contributed by atoms with Crippen LogP contribution in [0.3, 0.4) is 0 Å². The standard InChI is InChI=1S/C27H38N4O3/c1-4-6-17-34-22-14-12-20(13-15-22)23-18-24-25(32)30(16-5-2)27(3,19-31(24)29-23)26(33)28-21-10-8-7-9-11-21/h12-15,18,21H,4-11,16-17,19H2,1-3H3,(H,28,33)/t27-/m1/s1. The van der Waals surface area contributed by atoms with Gasteiger partial charge in [0.2, 0.25) is 5.91 Å². The van der Waals surface area contributed by atoms with E-state index in [0.717, 1.165) is 62.0 Å². The summed E-state index contributed by atoms with van der Waals surface area (Å²) in [6.45, 7) is 7.65. The van der Waals surface area contributed by atoms with Crippen molar-refractivity contribution in [2.75, 3.05) is 13.2 Å². The van der Waals surface area contributed by atoms with E-state index in [9.17, 15) is 9.59 Å². The molecule has 1 fully saturated rings. The first-order valence-electron chi connectivity index (χ1n) is 12.9. The van der Waals surface area contributed by atoms with E-state index in [1.54, 1.807) is 9.58 Å². The van der Waals surface area contributed by atoms with Crippen LogP contribution in [-0.4, -0.2) is 51.2 Å². The minimum absolute atomic E-state index is 0.0718. The highest BCUT2D eigenvalue weighted by Gasteiger charge is 2.48. The number of amides is 2. The minimum Gasteiger partial charge on any atom is -0.494 e. The van der Waals surface area contributed by atoms with Gasteiger partial charge < -0.3 is 15.0 Å². The second-order valence-electron chi connectivity index (χ2n) is 9.84. The van der Waals surface area contributed by atoms with Gasteiger partial charge in [-0.15, -0.1) is 0 Å². The molecule has 184 valence electrons. The van der Waals surface area contributed by atoms with Gasteiger partial charge in [-0.2, -0.15) is 5.10 Å². The summed E-state index contributed by atoms with van der Waals surface area (Å²) in [5, 5.41) is 7.99. The molecular weight excluding hydrogens is 428 g/mol. The predicted octanol–water partition coefficient (Wildman–Crippen LogP) is 4.80. The van der Waals surface area contributed by atoms with E-state index in [2.05, 4.69) is 12.2 Å². The fourth-order valence-electron chi connectivity index (χ4n) is 5.00. The maximum atomic E-state index is 13.5. The highest BCUT2D eigenvalue weighted by molar-refractivity contribution is 6.00. The summed E-state index contributed by atoms with van der Waals surface area (Å²) in [6.07, 6.45) is 8.46. The summed E-state index contributed by atoms with van der Waals surface area (Å²) in [5.41, 5.74) is 1.23. The number of benzene rings is 1. The van der Waals surface area contributed by atoms with Crippen LogP contribution in [0.25, 0.3) is 11.3 Å². The zero-order valence-corrected chi connectivity index (χ0v) is 20.8. The van der Waals surface area contributed by atoms with E-state index >= 15 is 0 Å². The Morgan fingerprint density at radius 2 is 1.88 bits per heavy atom. The van der Waals surface area contributed by atoms with Gasteiger partial charge in [-0.1, -0.05) is 39.5 Å². The number of fused-ring (bicyclic) bond motifs is 1. The van der Waals surface area contributed by atoms with E-state index in [1.807, 2.05) is 44.2 Å². The van der Waals surface area contributed by atoms with Gasteiger partial charge in [-0.3, -0.25) is 14.3 Å². The van der Waals surface area contributed by atoms with Crippen molar-refractivity contribution >= 4 is 11.8 Å². The molecule has 34 heavy (non-hydrogen) atoms. The smallest absolute Gasteiger partial charge is 0.273 e. The Kier molecular flexibility index (Phi) is 7.59. The molecule has 2 amide bonds. The average molecular weight is 467 g/mol. The molecule has 7 heteroatoms. The van der Waals surface area contributed by atoms with Gasteiger partial charge in [0.15, 0.2) is 0 Å². The van der Waals surface area contributed by atoms with Gasteiger partial charge in [0, 0.05) is 18.2 Å². The summed E-state index contributed by atoms with van der Waals surface area (Å²) < 4.78 is 7.48. The van der Waals surface area contributed by atoms with Crippen LogP contribution in [0.15, 0.2) is 30.3 Å². The predicted molar refractivity (Wildman–Crippen MR) is 133 cm³/mol. The van der Waals surface area contributed by atoms with E-state index < -0.39 is 5.54 Å². The van der Waals surface area contributed by atoms with Crippen molar-refractivity contribution < 1.29 is 14.3 Å². The maximum absolute atomic E-state index is 13.5. The minimum atomic E-state index is -0.961. The lowest BCUT2D eigenvalue weighted by atomic mass is 9.91. The lowest BCUT2D eigenvalue weighted by Crippen LogP contribution is -2.65. The number of ether oxygens (including phenoxy) is 1. The summed E-state index contributed by atoms with van der Waals surface area (Å²) in [4.78, 5) is 28.8. The number of hydrogen-bond acceptors (Lipinski definition) is 4. The van der Waals surface area contributed by atoms with Crippen molar-refractivity contribution in [1.29, 1.82) is 0 Å². The third kappa shape index (κ3) is 4.98. The molecule has 0 radical (unpaired) electrons. The third-order valence-electron chi connectivity index (χ3n) is 7.09. The molecule has 4 rings (SSSR count). The first-order valence-corrected chi connectivity index (χ1v) is 12.9. The number of carbonyl (C=O) groups is 2. The molecule has 1 atom stereocenters. The van der Waals surface area contributed by atoms with Crippen molar-refractivity contribution in [2.45, 2.75) is 90.3 Å². The van der Waals surface area contributed by atoms with E-state index in [0.29, 0.717) is 25.4 Å². The molecule has 1 N–H and O–H groups in total. The third-order valence-corrected chi connectivity index (χ3v) is 7.09. The summed E-state index contributed by atoms with van der Waals surface area (Å²) >= 11 is 0. The zero-order chi connectivity index (χ0) is 24.1. The number of carbonyl (C=O) groups excluding carboxylic acids is 2. The fraction of sp³-hybridized carbons (Fsp3) is 0.593. The van der Waals surface area contributed by atoms with Crippen LogP contribution in [0.5, 0.6) is 5.75 Å². The van der Waals surface area contributed by atoms with Gasteiger partial charge in [0.25, 0.3) is 5.91 Å². The Morgan fingerprint density at radius 1 is 1.15 bits per heavy atom. The van der Waals surface area contributed by atoms with Crippen molar-refractivity contribution in [2.24, 2.45) is 0 Å². The second kappa shape index (κ2) is 10.6. The SMILES string of the molecule is CCCCOc1ccc(-c2cc3n(n2)C[C@](C)(C(=O)NC2CCCCC2)N(CCC)C3=O)cc1. The Bertz CT molecular complexity index is 994. The monoisotopic (exact) mass is 466 g/mol. The molecule has 1 aromatic heterocycles. The molecule has 7 nitrogen and oxygen atoms in total. The van der Waals surface area contributed by atoms with E-state index in [1.165, 1.54) is 6.42 Å². The second-order valence-corrected chi connectivity index (χ2v) is 9.84. The average Bonchev–Trinajstić information content (AvgIpc) is 3.27. The first-order chi connectivity index (χ1) is 16.5. The zero-order valence-electron chi connectivity index (χ0n) is 20.8. The van der Waals surface area contributed by atoms with Crippen LogP contribution in [0, 0.1) is 0 Å². The lowest BCUT2D eigenvalue weighted by Gasteiger charge is -2.44. The number of hydrogen-bond donors (Lipinski definition) is 1. The molecular formula is C27H38N4O3. The highest BCUT2D eigenvalue weighted by Crippen LogP contribution is 2.31. The summed E-state index contributed by atoms with van der Waals surface area (Å²) in [7, 11) is 0. The van der Waals surface area contributed by atoms with Crippen molar-refractivity contribution in [3.8, 4) is 17.0 Å². The van der Waals surface area contributed by atoms with Crippen LogP contribution in [0.2, 0.25) is 0 Å². The first kappa shape index (κ1) is 24.3. The summed E-state index contributed by atoms with van der Waals surface area (Å²) in [6, 6.07) is 9.87. The van der Waals surface area contributed by atoms with E-state index in [4.69, 9.17) is 9.84 Å². The van der Waals surface area contributed by atoms with Crippen molar-refractivity contribution in [3.63, 3.8) is 0 Å². The van der Waals surface area contributed by atoms with Gasteiger partial charge in [0.05, 0.1) is 18.8 Å². The van der Waals surface area contributed by atoms with Gasteiger partial charge in [0.1, 0.15) is 17.0 Å². The Hall–Kier alpha value is -2.83. The molecule has 1 aromatic carbocycles. The number of nitrogens with one attached hydrogen (secondary N) is 1. The molecule has 0 unspecified atom stereocenters. The van der Waals surface area contributed by atoms with Crippen LogP contribution in [0.1, 0.15) is 82.6 Å². The topological polar surface area (TPSA) is 76.5 Å². The molecule has 0 saturated heterocycles. The van der Waals surface area contributed by atoms with Gasteiger partial charge >= 0.3 is 0 Å². The number of nitrogens with zero attached hydrogens (tertiary/aromatic N) is 3. The Balaban J connectivity index is 1.56. The van der Waals surface area contributed by atoms with Crippen LogP contribution >= 0.6 is 0 Å². The van der Waals surface area contributed by atoms with Crippen molar-refractivity contribution in [3.05, 3.63) is 36.0 Å². The molecule has 1 aliphatic heterocycles. The highest BCUT2D eigenvalue weighted by atomic mass is 16.5. The number of rotatable bonds is 9. The molecule has 0 bridgehead atoms. The Labute approximate surface area is 202 Å². The van der Waals surface area contributed by atoms with Crippen molar-refractivity contribution in [1.82, 2.24) is 20.0 Å². The molecule has 2 aromatic rings. The van der Waals surface area contributed by atoms with Crippen LogP contribution in [-0.2, 0) is 11.3 Å². The van der Waals surface area contributed by atoms with Crippen LogP contribution in [0.4, 0.5) is 0 Å². The largest absolute Gasteiger partial charge is 0.494 e. The molecule has 1 aliphatic carbocycles. The number of aromatic nitrogens is 2. The molecule has 1 saturated carbocycles. The van der Waals surface area contributed by atoms with Gasteiger partial charge in [-0.05, 0) is 62.9 Å².